The number of primary amides is 1. The van der Waals surface area contributed by atoms with Gasteiger partial charge in [-0.2, -0.15) is 0 Å². The van der Waals surface area contributed by atoms with Crippen LogP contribution in [0.25, 0.3) is 0 Å². The lowest BCUT2D eigenvalue weighted by Crippen LogP contribution is -2.50. The molecule has 3 N–H and O–H groups in total. The molecule has 1 saturated carbocycles. The fourth-order valence-electron chi connectivity index (χ4n) is 1.74. The molecule has 0 aromatic rings. The van der Waals surface area contributed by atoms with Gasteiger partial charge in [-0.05, 0) is 25.7 Å². The van der Waals surface area contributed by atoms with E-state index < -0.39 is 0 Å². The number of rotatable bonds is 4. The number of hydrogen-bond acceptors (Lipinski definition) is 3. The van der Waals surface area contributed by atoms with Crippen molar-refractivity contribution in [2.75, 3.05) is 6.61 Å². The standard InChI is InChI=1S/C9H16N2O2/c10-9(12)8(11-6-3-4-6)7-2-1-5-13-7/h6-8,11H,1-5H2,(H2,10,12). The van der Waals surface area contributed by atoms with E-state index in [1.807, 2.05) is 0 Å². The summed E-state index contributed by atoms with van der Waals surface area (Å²) in [4.78, 5) is 11.1. The van der Waals surface area contributed by atoms with Crippen molar-refractivity contribution in [2.24, 2.45) is 5.73 Å². The van der Waals surface area contributed by atoms with Crippen LogP contribution in [0, 0.1) is 0 Å². The van der Waals surface area contributed by atoms with E-state index in [9.17, 15) is 4.79 Å². The van der Waals surface area contributed by atoms with E-state index >= 15 is 0 Å². The number of carbonyl (C=O) groups is 1. The van der Waals surface area contributed by atoms with Crippen LogP contribution in [0.4, 0.5) is 0 Å². The molecule has 2 atom stereocenters. The molecular formula is C9H16N2O2. The maximum Gasteiger partial charge on any atom is 0.237 e. The average Bonchev–Trinajstić information content (AvgIpc) is 2.75. The molecule has 0 spiro atoms. The first kappa shape index (κ1) is 8.97. The average molecular weight is 184 g/mol. The fraction of sp³-hybridized carbons (Fsp3) is 0.889. The molecule has 4 nitrogen and oxygen atoms in total. The van der Waals surface area contributed by atoms with Gasteiger partial charge < -0.3 is 15.8 Å². The molecule has 2 aliphatic rings. The third-order valence-electron chi connectivity index (χ3n) is 2.64. The van der Waals surface area contributed by atoms with Gasteiger partial charge in [0.05, 0.1) is 6.10 Å². The molecule has 2 rings (SSSR count). The van der Waals surface area contributed by atoms with Crippen molar-refractivity contribution in [3.05, 3.63) is 0 Å². The van der Waals surface area contributed by atoms with Gasteiger partial charge >= 0.3 is 0 Å². The predicted octanol–water partition coefficient (Wildman–Crippen LogP) is -0.229. The first-order valence-electron chi connectivity index (χ1n) is 4.94. The minimum Gasteiger partial charge on any atom is -0.376 e. The summed E-state index contributed by atoms with van der Waals surface area (Å²) in [7, 11) is 0. The normalized spacial score (nSPS) is 30.3. The first-order chi connectivity index (χ1) is 6.27. The molecule has 2 unspecified atom stereocenters. The number of hydrogen-bond donors (Lipinski definition) is 2. The second kappa shape index (κ2) is 3.64. The van der Waals surface area contributed by atoms with Crippen LogP contribution in [0.3, 0.4) is 0 Å². The minimum absolute atomic E-state index is 0.0121. The zero-order chi connectivity index (χ0) is 9.26. The van der Waals surface area contributed by atoms with Gasteiger partial charge in [0.1, 0.15) is 6.04 Å². The lowest BCUT2D eigenvalue weighted by molar-refractivity contribution is -0.123. The van der Waals surface area contributed by atoms with Crippen LogP contribution in [0.2, 0.25) is 0 Å². The number of carbonyl (C=O) groups excluding carboxylic acids is 1. The molecule has 0 aromatic carbocycles. The van der Waals surface area contributed by atoms with E-state index in [0.29, 0.717) is 6.04 Å². The maximum absolute atomic E-state index is 11.1. The maximum atomic E-state index is 11.1. The molecule has 1 saturated heterocycles. The van der Waals surface area contributed by atoms with Gasteiger partial charge in [-0.15, -0.1) is 0 Å². The molecule has 74 valence electrons. The first-order valence-corrected chi connectivity index (χ1v) is 4.94. The molecule has 0 bridgehead atoms. The van der Waals surface area contributed by atoms with Gasteiger partial charge in [-0.25, -0.2) is 0 Å². The Labute approximate surface area is 77.8 Å². The highest BCUT2D eigenvalue weighted by Crippen LogP contribution is 2.23. The lowest BCUT2D eigenvalue weighted by atomic mass is 10.1. The smallest absolute Gasteiger partial charge is 0.237 e. The van der Waals surface area contributed by atoms with E-state index in [1.165, 1.54) is 0 Å². The highest BCUT2D eigenvalue weighted by Gasteiger charge is 2.34. The monoisotopic (exact) mass is 184 g/mol. The third kappa shape index (κ3) is 2.19. The molecule has 1 amide bonds. The van der Waals surface area contributed by atoms with Crippen molar-refractivity contribution in [2.45, 2.75) is 43.9 Å². The molecule has 13 heavy (non-hydrogen) atoms. The Bertz CT molecular complexity index is 198. The Morgan fingerprint density at radius 1 is 1.46 bits per heavy atom. The predicted molar refractivity (Wildman–Crippen MR) is 48.1 cm³/mol. The molecule has 1 heterocycles. The van der Waals surface area contributed by atoms with Crippen LogP contribution in [-0.2, 0) is 9.53 Å². The van der Waals surface area contributed by atoms with Crippen LogP contribution in [0.1, 0.15) is 25.7 Å². The van der Waals surface area contributed by atoms with Gasteiger partial charge in [0.25, 0.3) is 0 Å². The highest BCUT2D eigenvalue weighted by atomic mass is 16.5. The van der Waals surface area contributed by atoms with E-state index in [0.717, 1.165) is 32.3 Å². The van der Waals surface area contributed by atoms with Crippen LogP contribution in [0.5, 0.6) is 0 Å². The van der Waals surface area contributed by atoms with Gasteiger partial charge in [0.2, 0.25) is 5.91 Å². The number of nitrogens with two attached hydrogens (primary N) is 1. The van der Waals surface area contributed by atoms with Gasteiger partial charge in [-0.3, -0.25) is 4.79 Å². The topological polar surface area (TPSA) is 64.4 Å². The third-order valence-corrected chi connectivity index (χ3v) is 2.64. The molecule has 1 aliphatic carbocycles. The summed E-state index contributed by atoms with van der Waals surface area (Å²) >= 11 is 0. The number of ether oxygens (including phenoxy) is 1. The Morgan fingerprint density at radius 2 is 2.23 bits per heavy atom. The van der Waals surface area contributed by atoms with Crippen molar-refractivity contribution in [1.29, 1.82) is 0 Å². The van der Waals surface area contributed by atoms with Gasteiger partial charge in [0, 0.05) is 12.6 Å². The van der Waals surface area contributed by atoms with Crippen LogP contribution >= 0.6 is 0 Å². The van der Waals surface area contributed by atoms with Gasteiger partial charge in [0.15, 0.2) is 0 Å². The summed E-state index contributed by atoms with van der Waals surface area (Å²) in [5, 5.41) is 3.23. The largest absolute Gasteiger partial charge is 0.376 e. The summed E-state index contributed by atoms with van der Waals surface area (Å²) < 4.78 is 5.44. The molecule has 1 aliphatic heterocycles. The summed E-state index contributed by atoms with van der Waals surface area (Å²) in [5.74, 6) is -0.279. The number of nitrogens with one attached hydrogen (secondary N) is 1. The van der Waals surface area contributed by atoms with Crippen molar-refractivity contribution >= 4 is 5.91 Å². The van der Waals surface area contributed by atoms with Crippen molar-refractivity contribution in [3.8, 4) is 0 Å². The Kier molecular flexibility index (Phi) is 2.51. The SMILES string of the molecule is NC(=O)C(NC1CC1)C1CCCO1. The van der Waals surface area contributed by atoms with Crippen LogP contribution in [-0.4, -0.2) is 30.7 Å². The molecule has 2 fully saturated rings. The lowest BCUT2D eigenvalue weighted by Gasteiger charge is -2.20. The van der Waals surface area contributed by atoms with Crippen LogP contribution < -0.4 is 11.1 Å². The zero-order valence-corrected chi connectivity index (χ0v) is 7.66. The van der Waals surface area contributed by atoms with Crippen molar-refractivity contribution < 1.29 is 9.53 Å². The molecule has 0 radical (unpaired) electrons. The second-order valence-electron chi connectivity index (χ2n) is 3.87. The highest BCUT2D eigenvalue weighted by molar-refractivity contribution is 5.80. The van der Waals surface area contributed by atoms with Gasteiger partial charge in [-0.1, -0.05) is 0 Å². The van der Waals surface area contributed by atoms with E-state index in [1.54, 1.807) is 0 Å². The molecule has 4 heteroatoms. The summed E-state index contributed by atoms with van der Waals surface area (Å²) in [5.41, 5.74) is 5.31. The summed E-state index contributed by atoms with van der Waals surface area (Å²) in [6.07, 6.45) is 4.33. The van der Waals surface area contributed by atoms with Crippen LogP contribution in [0.15, 0.2) is 0 Å². The Balaban J connectivity index is 1.90. The van der Waals surface area contributed by atoms with E-state index in [4.69, 9.17) is 10.5 Å². The minimum atomic E-state index is -0.279. The zero-order valence-electron chi connectivity index (χ0n) is 7.66. The Hall–Kier alpha value is -0.610. The van der Waals surface area contributed by atoms with Crippen molar-refractivity contribution in [3.63, 3.8) is 0 Å². The second-order valence-corrected chi connectivity index (χ2v) is 3.87. The fourth-order valence-corrected chi connectivity index (χ4v) is 1.74. The summed E-state index contributed by atoms with van der Waals surface area (Å²) in [6.45, 7) is 0.765. The van der Waals surface area contributed by atoms with Crippen molar-refractivity contribution in [1.82, 2.24) is 5.32 Å². The van der Waals surface area contributed by atoms with E-state index in [2.05, 4.69) is 5.32 Å². The number of amides is 1. The Morgan fingerprint density at radius 3 is 2.69 bits per heavy atom. The molecular weight excluding hydrogens is 168 g/mol. The molecule has 0 aromatic heterocycles. The summed E-state index contributed by atoms with van der Waals surface area (Å²) in [6, 6.07) is 0.233. The quantitative estimate of drug-likeness (QED) is 0.634. The van der Waals surface area contributed by atoms with E-state index in [-0.39, 0.29) is 18.1 Å².